The molecule has 0 amide bonds. The third kappa shape index (κ3) is 2.93. The SMILES string of the molecule is C[C@@H]1CCC[C@H](C)N1CCn1cc(N)ccc1=O. The first-order valence-electron chi connectivity index (χ1n) is 6.79. The van der Waals surface area contributed by atoms with Gasteiger partial charge in [0.05, 0.1) is 0 Å². The van der Waals surface area contributed by atoms with Crippen LogP contribution in [0.1, 0.15) is 33.1 Å². The lowest BCUT2D eigenvalue weighted by molar-refractivity contribution is 0.0988. The number of rotatable bonds is 3. The van der Waals surface area contributed by atoms with Gasteiger partial charge in [-0.2, -0.15) is 0 Å². The largest absolute Gasteiger partial charge is 0.398 e. The molecule has 1 aromatic heterocycles. The number of nitrogens with zero attached hydrogens (tertiary/aromatic N) is 2. The molecular weight excluding hydrogens is 226 g/mol. The Kier molecular flexibility index (Phi) is 4.07. The van der Waals surface area contributed by atoms with Crippen LogP contribution in [0.25, 0.3) is 0 Å². The summed E-state index contributed by atoms with van der Waals surface area (Å²) in [5.41, 5.74) is 6.39. The first-order valence-corrected chi connectivity index (χ1v) is 6.79. The number of hydrogen-bond acceptors (Lipinski definition) is 3. The minimum Gasteiger partial charge on any atom is -0.398 e. The van der Waals surface area contributed by atoms with Gasteiger partial charge in [-0.25, -0.2) is 0 Å². The summed E-state index contributed by atoms with van der Waals surface area (Å²) in [7, 11) is 0. The molecule has 1 aliphatic rings. The highest BCUT2D eigenvalue weighted by atomic mass is 16.1. The van der Waals surface area contributed by atoms with Crippen LogP contribution in [0.15, 0.2) is 23.1 Å². The molecule has 2 heterocycles. The predicted octanol–water partition coefficient (Wildman–Crippen LogP) is 1.69. The van der Waals surface area contributed by atoms with E-state index in [1.54, 1.807) is 22.9 Å². The van der Waals surface area contributed by atoms with E-state index in [0.29, 0.717) is 17.8 Å². The third-order valence-corrected chi connectivity index (χ3v) is 3.98. The molecule has 4 heteroatoms. The number of piperidine rings is 1. The zero-order chi connectivity index (χ0) is 13.1. The Morgan fingerprint density at radius 3 is 2.56 bits per heavy atom. The number of nitrogen functional groups attached to an aromatic ring is 1. The number of anilines is 1. The summed E-state index contributed by atoms with van der Waals surface area (Å²) < 4.78 is 1.71. The number of pyridine rings is 1. The molecule has 1 aromatic rings. The molecule has 0 radical (unpaired) electrons. The van der Waals surface area contributed by atoms with E-state index in [1.165, 1.54) is 19.3 Å². The van der Waals surface area contributed by atoms with E-state index in [-0.39, 0.29) is 5.56 Å². The summed E-state index contributed by atoms with van der Waals surface area (Å²) in [6.07, 6.45) is 5.57. The number of hydrogen-bond donors (Lipinski definition) is 1. The van der Waals surface area contributed by atoms with Gasteiger partial charge in [-0.1, -0.05) is 6.42 Å². The Morgan fingerprint density at radius 2 is 1.89 bits per heavy atom. The van der Waals surface area contributed by atoms with Crippen molar-refractivity contribution in [2.45, 2.75) is 51.7 Å². The van der Waals surface area contributed by atoms with Crippen LogP contribution in [0.5, 0.6) is 0 Å². The first kappa shape index (κ1) is 13.1. The van der Waals surface area contributed by atoms with Gasteiger partial charge >= 0.3 is 0 Å². The van der Waals surface area contributed by atoms with Gasteiger partial charge in [0.1, 0.15) is 0 Å². The summed E-state index contributed by atoms with van der Waals surface area (Å²) in [5.74, 6) is 0. The molecule has 0 unspecified atom stereocenters. The Bertz CT molecular complexity index is 445. The van der Waals surface area contributed by atoms with Gasteiger partial charge in [0, 0.05) is 43.1 Å². The van der Waals surface area contributed by atoms with E-state index in [0.717, 1.165) is 13.1 Å². The molecule has 0 saturated carbocycles. The van der Waals surface area contributed by atoms with E-state index in [9.17, 15) is 4.79 Å². The van der Waals surface area contributed by atoms with Gasteiger partial charge in [0.2, 0.25) is 0 Å². The second kappa shape index (κ2) is 5.57. The van der Waals surface area contributed by atoms with Gasteiger partial charge in [-0.05, 0) is 32.8 Å². The molecule has 0 aliphatic carbocycles. The Morgan fingerprint density at radius 1 is 1.22 bits per heavy atom. The Balaban J connectivity index is 2.02. The average molecular weight is 249 g/mol. The minimum absolute atomic E-state index is 0.0292. The third-order valence-electron chi connectivity index (χ3n) is 3.98. The molecule has 2 atom stereocenters. The normalized spacial score (nSPS) is 25.2. The van der Waals surface area contributed by atoms with Crippen molar-refractivity contribution in [3.8, 4) is 0 Å². The van der Waals surface area contributed by atoms with Crippen molar-refractivity contribution in [3.05, 3.63) is 28.7 Å². The molecule has 100 valence electrons. The maximum Gasteiger partial charge on any atom is 0.250 e. The summed E-state index contributed by atoms with van der Waals surface area (Å²) in [5, 5.41) is 0. The second-order valence-electron chi connectivity index (χ2n) is 5.36. The molecule has 1 aliphatic heterocycles. The van der Waals surface area contributed by atoms with Crippen molar-refractivity contribution < 1.29 is 0 Å². The highest BCUT2D eigenvalue weighted by Gasteiger charge is 2.23. The van der Waals surface area contributed by atoms with Crippen LogP contribution < -0.4 is 11.3 Å². The van der Waals surface area contributed by atoms with Crippen LogP contribution in [0.3, 0.4) is 0 Å². The lowest BCUT2D eigenvalue weighted by atomic mass is 9.98. The monoisotopic (exact) mass is 249 g/mol. The summed E-state index contributed by atoms with van der Waals surface area (Å²) in [6, 6.07) is 4.43. The zero-order valence-electron chi connectivity index (χ0n) is 11.3. The van der Waals surface area contributed by atoms with Crippen LogP contribution in [-0.2, 0) is 6.54 Å². The molecule has 4 nitrogen and oxygen atoms in total. The van der Waals surface area contributed by atoms with Gasteiger partial charge in [-0.3, -0.25) is 9.69 Å². The molecule has 2 N–H and O–H groups in total. The molecule has 0 bridgehead atoms. The van der Waals surface area contributed by atoms with E-state index < -0.39 is 0 Å². The number of nitrogens with two attached hydrogens (primary N) is 1. The lowest BCUT2D eigenvalue weighted by Crippen LogP contribution is -2.45. The van der Waals surface area contributed by atoms with Crippen molar-refractivity contribution >= 4 is 5.69 Å². The van der Waals surface area contributed by atoms with Crippen LogP contribution >= 0.6 is 0 Å². The molecule has 0 spiro atoms. The molecule has 1 saturated heterocycles. The fourth-order valence-electron chi connectivity index (χ4n) is 2.86. The second-order valence-corrected chi connectivity index (χ2v) is 5.36. The van der Waals surface area contributed by atoms with Gasteiger partial charge in [-0.15, -0.1) is 0 Å². The molecule has 1 fully saturated rings. The molecular formula is C14H23N3O. The molecule has 18 heavy (non-hydrogen) atoms. The van der Waals surface area contributed by atoms with Crippen molar-refractivity contribution in [1.29, 1.82) is 0 Å². The van der Waals surface area contributed by atoms with Crippen LogP contribution in [0.4, 0.5) is 5.69 Å². The van der Waals surface area contributed by atoms with Crippen molar-refractivity contribution in [3.63, 3.8) is 0 Å². The zero-order valence-corrected chi connectivity index (χ0v) is 11.3. The Hall–Kier alpha value is -1.29. The topological polar surface area (TPSA) is 51.3 Å². The van der Waals surface area contributed by atoms with Crippen LogP contribution in [0, 0.1) is 0 Å². The fourth-order valence-corrected chi connectivity index (χ4v) is 2.86. The summed E-state index contributed by atoms with van der Waals surface area (Å²) >= 11 is 0. The smallest absolute Gasteiger partial charge is 0.250 e. The predicted molar refractivity (Wildman–Crippen MR) is 74.6 cm³/mol. The van der Waals surface area contributed by atoms with E-state index >= 15 is 0 Å². The summed E-state index contributed by atoms with van der Waals surface area (Å²) in [4.78, 5) is 14.2. The lowest BCUT2D eigenvalue weighted by Gasteiger charge is -2.39. The van der Waals surface area contributed by atoms with E-state index in [2.05, 4.69) is 18.7 Å². The number of likely N-dealkylation sites (tertiary alicyclic amines) is 1. The van der Waals surface area contributed by atoms with Gasteiger partial charge in [0.25, 0.3) is 5.56 Å². The maximum absolute atomic E-state index is 11.7. The van der Waals surface area contributed by atoms with Gasteiger partial charge in [0.15, 0.2) is 0 Å². The molecule has 0 aromatic carbocycles. The van der Waals surface area contributed by atoms with E-state index in [4.69, 9.17) is 5.73 Å². The standard InChI is InChI=1S/C14H23N3O/c1-11-4-3-5-12(2)17(11)9-8-16-10-13(15)6-7-14(16)18/h6-7,10-12H,3-5,8-9,15H2,1-2H3/t11-,12+. The Labute approximate surface area is 108 Å². The average Bonchev–Trinajstić information content (AvgIpc) is 2.33. The first-order chi connectivity index (χ1) is 8.58. The van der Waals surface area contributed by atoms with E-state index in [1.807, 2.05) is 0 Å². The minimum atomic E-state index is 0.0292. The fraction of sp³-hybridized carbons (Fsp3) is 0.643. The molecule has 2 rings (SSSR count). The quantitative estimate of drug-likeness (QED) is 0.887. The maximum atomic E-state index is 11.7. The van der Waals surface area contributed by atoms with Crippen molar-refractivity contribution in [1.82, 2.24) is 9.47 Å². The highest BCUT2D eigenvalue weighted by molar-refractivity contribution is 5.33. The highest BCUT2D eigenvalue weighted by Crippen LogP contribution is 2.21. The van der Waals surface area contributed by atoms with Crippen LogP contribution in [0.2, 0.25) is 0 Å². The van der Waals surface area contributed by atoms with Gasteiger partial charge < -0.3 is 10.3 Å². The van der Waals surface area contributed by atoms with Crippen LogP contribution in [-0.4, -0.2) is 28.1 Å². The number of aromatic nitrogens is 1. The van der Waals surface area contributed by atoms with Crippen molar-refractivity contribution in [2.75, 3.05) is 12.3 Å². The van der Waals surface area contributed by atoms with Crippen molar-refractivity contribution in [2.24, 2.45) is 0 Å². The summed E-state index contributed by atoms with van der Waals surface area (Å²) in [6.45, 7) is 6.19.